The molecular formula is C34H27O8PS2. The summed E-state index contributed by atoms with van der Waals surface area (Å²) in [7, 11) is -4.84. The zero-order valence-corrected chi connectivity index (χ0v) is 26.6. The summed E-state index contributed by atoms with van der Waals surface area (Å²) in [6, 6.07) is 25.3. The van der Waals surface area contributed by atoms with Gasteiger partial charge in [0.1, 0.15) is 11.5 Å². The van der Waals surface area contributed by atoms with E-state index in [9.17, 15) is 29.3 Å². The van der Waals surface area contributed by atoms with Crippen LogP contribution in [0.5, 0.6) is 0 Å². The lowest BCUT2D eigenvalue weighted by Gasteiger charge is -2.19. The van der Waals surface area contributed by atoms with Crippen molar-refractivity contribution in [2.75, 3.05) is 0 Å². The van der Waals surface area contributed by atoms with Gasteiger partial charge in [-0.1, -0.05) is 72.1 Å². The average Bonchev–Trinajstić information content (AvgIpc) is 3.26. The van der Waals surface area contributed by atoms with Gasteiger partial charge in [-0.05, 0) is 84.7 Å². The molecule has 0 saturated heterocycles. The number of phosphoric acid groups is 1. The third-order valence-corrected chi connectivity index (χ3v) is 10.7. The molecule has 6 rings (SSSR count). The molecule has 2 aliphatic rings. The molecule has 4 aromatic carbocycles. The number of fused-ring (bicyclic) bond motifs is 4. The van der Waals surface area contributed by atoms with Crippen molar-refractivity contribution in [3.8, 4) is 0 Å². The maximum Gasteiger partial charge on any atom is 0.584 e. The van der Waals surface area contributed by atoms with Crippen molar-refractivity contribution in [1.29, 1.82) is 0 Å². The minimum Gasteiger partial charge on any atom is -0.481 e. The van der Waals surface area contributed by atoms with Crippen LogP contribution in [0.3, 0.4) is 0 Å². The highest BCUT2D eigenvalue weighted by Crippen LogP contribution is 2.55. The summed E-state index contributed by atoms with van der Waals surface area (Å²) >= 11 is 2.88. The van der Waals surface area contributed by atoms with E-state index in [4.69, 9.17) is 9.05 Å². The van der Waals surface area contributed by atoms with Crippen LogP contribution in [-0.4, -0.2) is 27.0 Å². The van der Waals surface area contributed by atoms with Crippen LogP contribution in [0.2, 0.25) is 0 Å². The number of phosphoric ester groups is 1. The van der Waals surface area contributed by atoms with Gasteiger partial charge in [0.2, 0.25) is 0 Å². The van der Waals surface area contributed by atoms with Crippen LogP contribution < -0.4 is 0 Å². The van der Waals surface area contributed by atoms with Crippen molar-refractivity contribution in [2.24, 2.45) is 0 Å². The van der Waals surface area contributed by atoms with E-state index in [-0.39, 0.29) is 11.5 Å². The highest BCUT2D eigenvalue weighted by molar-refractivity contribution is 7.99. The summed E-state index contributed by atoms with van der Waals surface area (Å²) in [5.74, 6) is -3.24. The highest BCUT2D eigenvalue weighted by Gasteiger charge is 2.32. The Balaban J connectivity index is 1.40. The van der Waals surface area contributed by atoms with E-state index in [1.807, 2.05) is 36.4 Å². The Bertz CT molecular complexity index is 1830. The number of carboxylic acid groups (broad SMARTS) is 2. The molecule has 0 aromatic heterocycles. The van der Waals surface area contributed by atoms with Crippen LogP contribution in [0.1, 0.15) is 59.1 Å². The van der Waals surface area contributed by atoms with Crippen LogP contribution >= 0.6 is 31.3 Å². The SMILES string of the molecule is CC(C(=O)O)c1ccc2c(c1)C=C(OP(=O)(O)OC1=Cc3cc(C(C)C(=O)O)ccc3Sc3ccccc31)c1ccccc1S2. The highest BCUT2D eigenvalue weighted by atomic mass is 32.2. The molecule has 0 spiro atoms. The maximum atomic E-state index is 13.8. The lowest BCUT2D eigenvalue weighted by atomic mass is 9.98. The van der Waals surface area contributed by atoms with E-state index >= 15 is 0 Å². The number of hydrogen-bond acceptors (Lipinski definition) is 7. The van der Waals surface area contributed by atoms with E-state index in [0.29, 0.717) is 33.4 Å². The molecular weight excluding hydrogens is 631 g/mol. The zero-order valence-electron chi connectivity index (χ0n) is 24.0. The summed E-state index contributed by atoms with van der Waals surface area (Å²) in [5.41, 5.74) is 3.60. The molecule has 45 heavy (non-hydrogen) atoms. The molecule has 0 bridgehead atoms. The first-order valence-corrected chi connectivity index (χ1v) is 17.1. The minimum atomic E-state index is -4.84. The van der Waals surface area contributed by atoms with Gasteiger partial charge in [-0.3, -0.25) is 14.5 Å². The van der Waals surface area contributed by atoms with Crippen LogP contribution in [-0.2, 0) is 23.2 Å². The molecule has 3 N–H and O–H groups in total. The fourth-order valence-electron chi connectivity index (χ4n) is 4.98. The summed E-state index contributed by atoms with van der Waals surface area (Å²) in [6.07, 6.45) is 3.25. The fourth-order valence-corrected chi connectivity index (χ4v) is 7.89. The molecule has 2 unspecified atom stereocenters. The number of hydrogen-bond donors (Lipinski definition) is 3. The van der Waals surface area contributed by atoms with Crippen LogP contribution in [0.25, 0.3) is 23.7 Å². The molecule has 0 amide bonds. The third-order valence-electron chi connectivity index (χ3n) is 7.55. The monoisotopic (exact) mass is 658 g/mol. The smallest absolute Gasteiger partial charge is 0.481 e. The van der Waals surface area contributed by atoms with Crippen molar-refractivity contribution < 1.29 is 38.3 Å². The average molecular weight is 659 g/mol. The molecule has 0 radical (unpaired) electrons. The molecule has 0 fully saturated rings. The number of rotatable bonds is 8. The first-order chi connectivity index (χ1) is 21.5. The maximum absolute atomic E-state index is 13.8. The van der Waals surface area contributed by atoms with E-state index in [1.54, 1.807) is 74.5 Å². The quantitative estimate of drug-likeness (QED) is 0.158. The van der Waals surface area contributed by atoms with Gasteiger partial charge >= 0.3 is 19.8 Å². The first-order valence-electron chi connectivity index (χ1n) is 13.9. The standard InChI is InChI=1S/C34H27O8PS2/c1-19(33(35)36)21-11-13-29-23(15-21)17-27(25-7-3-5-9-31(25)44-29)41-43(39,40)42-28-18-24-16-22(20(2)34(37)38)12-14-30(24)45-32-10-6-4-8-26(28)32/h3-20H,1-2H3,(H,35,36)(H,37,38)(H,39,40). The van der Waals surface area contributed by atoms with Gasteiger partial charge in [-0.15, -0.1) is 0 Å². The molecule has 2 aliphatic heterocycles. The minimum absolute atomic E-state index is 0.0951. The van der Waals surface area contributed by atoms with Crippen LogP contribution in [0, 0.1) is 0 Å². The number of benzene rings is 4. The summed E-state index contributed by atoms with van der Waals surface area (Å²) in [6.45, 7) is 3.19. The second-order valence-corrected chi connectivity index (χ2v) is 14.0. The summed E-state index contributed by atoms with van der Waals surface area (Å²) in [4.78, 5) is 37.8. The first kappa shape index (κ1) is 30.8. The topological polar surface area (TPSA) is 130 Å². The van der Waals surface area contributed by atoms with Gasteiger partial charge in [-0.2, -0.15) is 0 Å². The summed E-state index contributed by atoms with van der Waals surface area (Å²) < 4.78 is 25.5. The summed E-state index contributed by atoms with van der Waals surface area (Å²) in [5, 5.41) is 19.1. The molecule has 8 nitrogen and oxygen atoms in total. The molecule has 4 aromatic rings. The van der Waals surface area contributed by atoms with Crippen LogP contribution in [0.4, 0.5) is 0 Å². The largest absolute Gasteiger partial charge is 0.584 e. The van der Waals surface area contributed by atoms with Crippen molar-refractivity contribution in [2.45, 2.75) is 45.3 Å². The van der Waals surface area contributed by atoms with E-state index in [2.05, 4.69) is 0 Å². The molecule has 228 valence electrons. The zero-order chi connectivity index (χ0) is 31.9. The lowest BCUT2D eigenvalue weighted by molar-refractivity contribution is -0.139. The Labute approximate surface area is 268 Å². The number of aliphatic carboxylic acids is 2. The molecule has 0 saturated carbocycles. The Morgan fingerprint density at radius 1 is 0.644 bits per heavy atom. The third kappa shape index (κ3) is 6.46. The number of carbonyl (C=O) groups is 2. The van der Waals surface area contributed by atoms with E-state index < -0.39 is 31.6 Å². The molecule has 2 atom stereocenters. The van der Waals surface area contributed by atoms with Gasteiger partial charge in [0, 0.05) is 30.7 Å². The van der Waals surface area contributed by atoms with Gasteiger partial charge in [0.05, 0.1) is 11.8 Å². The Morgan fingerprint density at radius 2 is 1.04 bits per heavy atom. The normalized spacial score (nSPS) is 16.0. The van der Waals surface area contributed by atoms with Crippen molar-refractivity contribution in [1.82, 2.24) is 0 Å². The predicted molar refractivity (Wildman–Crippen MR) is 174 cm³/mol. The van der Waals surface area contributed by atoms with Gasteiger partial charge in [-0.25, -0.2) is 4.57 Å². The Morgan fingerprint density at radius 3 is 1.44 bits per heavy atom. The van der Waals surface area contributed by atoms with Gasteiger partial charge < -0.3 is 19.3 Å². The Hall–Kier alpha value is -4.21. The second kappa shape index (κ2) is 12.3. The van der Waals surface area contributed by atoms with Crippen molar-refractivity contribution in [3.05, 3.63) is 118 Å². The van der Waals surface area contributed by atoms with Crippen LogP contribution in [0.15, 0.2) is 105 Å². The predicted octanol–water partition coefficient (Wildman–Crippen LogP) is 8.82. The molecule has 2 heterocycles. The van der Waals surface area contributed by atoms with E-state index in [1.165, 1.54) is 23.5 Å². The van der Waals surface area contributed by atoms with Gasteiger partial charge in [0.15, 0.2) is 0 Å². The van der Waals surface area contributed by atoms with Crippen molar-refractivity contribution >= 4 is 67.0 Å². The molecule has 0 aliphatic carbocycles. The fraction of sp³-hybridized carbons (Fsp3) is 0.118. The second-order valence-electron chi connectivity index (χ2n) is 10.6. The van der Waals surface area contributed by atoms with Gasteiger partial charge in [0.25, 0.3) is 0 Å². The van der Waals surface area contributed by atoms with Crippen molar-refractivity contribution in [3.63, 3.8) is 0 Å². The van der Waals surface area contributed by atoms with E-state index in [0.717, 1.165) is 19.6 Å². The molecule has 11 heteroatoms. The number of carboxylic acids is 2. The lowest BCUT2D eigenvalue weighted by Crippen LogP contribution is -2.07. The Kier molecular flexibility index (Phi) is 8.41.